The Hall–Kier alpha value is -1.17. The summed E-state index contributed by atoms with van der Waals surface area (Å²) in [5.74, 6) is 4.19. The molecule has 1 aromatic carbocycles. The van der Waals surface area contributed by atoms with E-state index < -0.39 is 0 Å². The molecule has 0 amide bonds. The third kappa shape index (κ3) is 4.79. The van der Waals surface area contributed by atoms with Gasteiger partial charge in [0.05, 0.1) is 16.6 Å². The van der Waals surface area contributed by atoms with Gasteiger partial charge in [0.25, 0.3) is 0 Å². The Bertz CT molecular complexity index is 847. The molecule has 0 spiro atoms. The van der Waals surface area contributed by atoms with Gasteiger partial charge in [0.15, 0.2) is 0 Å². The minimum atomic E-state index is 0. The number of aliphatic imine (C=N–C) groups is 2. The van der Waals surface area contributed by atoms with Crippen molar-refractivity contribution in [2.24, 2.45) is 27.7 Å². The standard InChI is InChI=1S/C23H31Cl2N5.ClH/c1-14(2)30-6-5-26-22(30)28-21(27-18-3-4-19(24)20(25)10-18)29-23-11-15-7-16(12-23)9-17(8-15)13-23;/h3-4,10,14-17H,5-9,11-13H2,1-2H3,(H2,26,27,28,29);1H. The van der Waals surface area contributed by atoms with E-state index in [2.05, 4.69) is 34.4 Å². The molecule has 4 fully saturated rings. The summed E-state index contributed by atoms with van der Waals surface area (Å²) < 4.78 is 0. The highest BCUT2D eigenvalue weighted by atomic mass is 35.5. The molecule has 0 aromatic heterocycles. The van der Waals surface area contributed by atoms with Crippen LogP contribution >= 0.6 is 35.6 Å². The van der Waals surface area contributed by atoms with Crippen LogP contribution in [0, 0.1) is 17.8 Å². The van der Waals surface area contributed by atoms with Crippen molar-refractivity contribution >= 4 is 53.2 Å². The largest absolute Gasteiger partial charge is 0.350 e. The summed E-state index contributed by atoms with van der Waals surface area (Å²) in [7, 11) is 0. The van der Waals surface area contributed by atoms with E-state index in [0.717, 1.165) is 48.4 Å². The van der Waals surface area contributed by atoms with Crippen LogP contribution in [0.5, 0.6) is 0 Å². The highest BCUT2D eigenvalue weighted by molar-refractivity contribution is 6.42. The fourth-order valence-electron chi connectivity index (χ4n) is 6.45. The van der Waals surface area contributed by atoms with Crippen LogP contribution in [0.3, 0.4) is 0 Å². The summed E-state index contributed by atoms with van der Waals surface area (Å²) >= 11 is 12.4. The van der Waals surface area contributed by atoms with Gasteiger partial charge >= 0.3 is 0 Å². The van der Waals surface area contributed by atoms with Crippen molar-refractivity contribution in [3.8, 4) is 0 Å². The SMILES string of the molecule is CC(C)N1CCN=C1/N=C(/Nc1ccc(Cl)c(Cl)c1)NC12CC3CC(CC(C3)C1)C2.Cl. The molecule has 1 aromatic rings. The zero-order valence-corrected chi connectivity index (χ0v) is 20.5. The number of nitrogens with zero attached hydrogens (tertiary/aromatic N) is 3. The average Bonchev–Trinajstić information content (AvgIpc) is 3.11. The van der Waals surface area contributed by atoms with Crippen LogP contribution in [0.1, 0.15) is 52.4 Å². The van der Waals surface area contributed by atoms with E-state index in [4.69, 9.17) is 28.2 Å². The highest BCUT2D eigenvalue weighted by Crippen LogP contribution is 2.55. The van der Waals surface area contributed by atoms with Crippen molar-refractivity contribution in [3.05, 3.63) is 28.2 Å². The number of benzene rings is 1. The first kappa shape index (κ1) is 23.0. The van der Waals surface area contributed by atoms with Crippen LogP contribution in [0.15, 0.2) is 28.2 Å². The second-order valence-electron chi connectivity index (χ2n) is 10.0. The van der Waals surface area contributed by atoms with Crippen molar-refractivity contribution in [2.75, 3.05) is 18.4 Å². The number of hydrogen-bond acceptors (Lipinski definition) is 3. The molecule has 1 heterocycles. The van der Waals surface area contributed by atoms with Crippen LogP contribution in [0.2, 0.25) is 10.0 Å². The monoisotopic (exact) mass is 483 g/mol. The molecule has 5 aliphatic rings. The topological polar surface area (TPSA) is 52.0 Å². The Labute approximate surface area is 201 Å². The summed E-state index contributed by atoms with van der Waals surface area (Å²) in [5.41, 5.74) is 1.04. The quantitative estimate of drug-likeness (QED) is 0.420. The van der Waals surface area contributed by atoms with E-state index in [-0.39, 0.29) is 17.9 Å². The van der Waals surface area contributed by atoms with Crippen LogP contribution in [-0.4, -0.2) is 41.5 Å². The summed E-state index contributed by atoms with van der Waals surface area (Å²) in [4.78, 5) is 11.9. The Morgan fingerprint density at radius 3 is 2.32 bits per heavy atom. The van der Waals surface area contributed by atoms with Crippen molar-refractivity contribution in [1.29, 1.82) is 0 Å². The predicted octanol–water partition coefficient (Wildman–Crippen LogP) is 5.82. The van der Waals surface area contributed by atoms with Gasteiger partial charge < -0.3 is 15.5 Å². The number of nitrogens with one attached hydrogen (secondary N) is 2. The number of guanidine groups is 2. The first-order valence-corrected chi connectivity index (χ1v) is 12.0. The first-order valence-electron chi connectivity index (χ1n) is 11.3. The van der Waals surface area contributed by atoms with Gasteiger partial charge in [0, 0.05) is 23.8 Å². The molecule has 0 unspecified atom stereocenters. The zero-order valence-electron chi connectivity index (χ0n) is 18.2. The number of rotatable bonds is 3. The third-order valence-electron chi connectivity index (χ3n) is 7.29. The maximum Gasteiger partial charge on any atom is 0.224 e. The van der Waals surface area contributed by atoms with Gasteiger partial charge in [0.1, 0.15) is 0 Å². The fourth-order valence-corrected chi connectivity index (χ4v) is 6.75. The van der Waals surface area contributed by atoms with Crippen molar-refractivity contribution in [3.63, 3.8) is 0 Å². The number of anilines is 1. The van der Waals surface area contributed by atoms with E-state index in [1.807, 2.05) is 18.2 Å². The molecule has 4 bridgehead atoms. The maximum absolute atomic E-state index is 6.27. The summed E-state index contributed by atoms with van der Waals surface area (Å²) in [5, 5.41) is 8.48. The molecule has 170 valence electrons. The molecule has 0 atom stereocenters. The molecule has 1 aliphatic heterocycles. The van der Waals surface area contributed by atoms with Crippen molar-refractivity contribution < 1.29 is 0 Å². The van der Waals surface area contributed by atoms with Crippen molar-refractivity contribution in [1.82, 2.24) is 10.2 Å². The second kappa shape index (κ2) is 8.99. The van der Waals surface area contributed by atoms with Gasteiger partial charge in [-0.25, -0.2) is 4.99 Å². The van der Waals surface area contributed by atoms with E-state index in [1.54, 1.807) is 0 Å². The van der Waals surface area contributed by atoms with E-state index in [1.165, 1.54) is 38.5 Å². The lowest BCUT2D eigenvalue weighted by Gasteiger charge is -2.57. The van der Waals surface area contributed by atoms with Gasteiger partial charge in [-0.05, 0) is 88.3 Å². The third-order valence-corrected chi connectivity index (χ3v) is 8.03. The number of halogens is 3. The molecule has 4 aliphatic carbocycles. The van der Waals surface area contributed by atoms with Gasteiger partial charge in [-0.15, -0.1) is 12.4 Å². The summed E-state index contributed by atoms with van der Waals surface area (Å²) in [6, 6.07) is 6.00. The van der Waals surface area contributed by atoms with Crippen LogP contribution in [0.25, 0.3) is 0 Å². The van der Waals surface area contributed by atoms with E-state index in [0.29, 0.717) is 16.1 Å². The van der Waals surface area contributed by atoms with Crippen LogP contribution in [0.4, 0.5) is 5.69 Å². The smallest absolute Gasteiger partial charge is 0.224 e. The summed E-state index contributed by atoms with van der Waals surface area (Å²) in [6.07, 6.45) is 8.01. The minimum absolute atomic E-state index is 0. The molecule has 4 saturated carbocycles. The maximum atomic E-state index is 6.27. The lowest BCUT2D eigenvalue weighted by Crippen LogP contribution is -2.61. The molecule has 5 nitrogen and oxygen atoms in total. The highest BCUT2D eigenvalue weighted by Gasteiger charge is 2.51. The molecule has 0 saturated heterocycles. The van der Waals surface area contributed by atoms with E-state index in [9.17, 15) is 0 Å². The zero-order chi connectivity index (χ0) is 20.9. The van der Waals surface area contributed by atoms with Crippen molar-refractivity contribution in [2.45, 2.75) is 64.0 Å². The molecule has 8 heteroatoms. The van der Waals surface area contributed by atoms with E-state index >= 15 is 0 Å². The molecular formula is C23H32Cl3N5. The normalized spacial score (nSPS) is 31.6. The lowest BCUT2D eigenvalue weighted by molar-refractivity contribution is -0.0100. The molecule has 0 radical (unpaired) electrons. The van der Waals surface area contributed by atoms with Crippen LogP contribution < -0.4 is 10.6 Å². The first-order chi connectivity index (χ1) is 14.4. The van der Waals surface area contributed by atoms with Gasteiger partial charge in [-0.3, -0.25) is 0 Å². The predicted molar refractivity (Wildman–Crippen MR) is 133 cm³/mol. The minimum Gasteiger partial charge on any atom is -0.350 e. The Kier molecular flexibility index (Phi) is 6.67. The lowest BCUT2D eigenvalue weighted by atomic mass is 9.53. The van der Waals surface area contributed by atoms with Gasteiger partial charge in [-0.1, -0.05) is 23.2 Å². The Morgan fingerprint density at radius 2 is 1.74 bits per heavy atom. The fraction of sp³-hybridized carbons (Fsp3) is 0.652. The average molecular weight is 485 g/mol. The Morgan fingerprint density at radius 1 is 1.10 bits per heavy atom. The van der Waals surface area contributed by atoms with Gasteiger partial charge in [0.2, 0.25) is 11.9 Å². The molecule has 2 N–H and O–H groups in total. The molecular weight excluding hydrogens is 453 g/mol. The number of hydrogen-bond donors (Lipinski definition) is 2. The van der Waals surface area contributed by atoms with Gasteiger partial charge in [-0.2, -0.15) is 4.99 Å². The second-order valence-corrected chi connectivity index (χ2v) is 10.8. The molecule has 6 rings (SSSR count). The summed E-state index contributed by atoms with van der Waals surface area (Å²) in [6.45, 7) is 6.10. The van der Waals surface area contributed by atoms with Crippen LogP contribution in [-0.2, 0) is 0 Å². The Balaban J connectivity index is 0.00000231. The molecule has 31 heavy (non-hydrogen) atoms.